The number of amides is 4. The van der Waals surface area contributed by atoms with E-state index >= 15 is 0 Å². The van der Waals surface area contributed by atoms with Crippen LogP contribution in [0.15, 0.2) is 29.8 Å². The van der Waals surface area contributed by atoms with E-state index in [1.807, 2.05) is 11.4 Å². The van der Waals surface area contributed by atoms with Crippen LogP contribution in [-0.2, 0) is 21.7 Å². The van der Waals surface area contributed by atoms with Crippen molar-refractivity contribution >= 4 is 35.0 Å². The Morgan fingerprint density at radius 2 is 1.97 bits per heavy atom. The number of carbonyl (C=O) groups excluding carboxylic acids is 4. The molecule has 0 bridgehead atoms. The van der Waals surface area contributed by atoms with Gasteiger partial charge in [-0.2, -0.15) is 0 Å². The summed E-state index contributed by atoms with van der Waals surface area (Å²) in [6, 6.07) is 4.20. The Labute approximate surface area is 175 Å². The lowest BCUT2D eigenvalue weighted by Crippen LogP contribution is -2.64. The van der Waals surface area contributed by atoms with Gasteiger partial charge in [-0.15, -0.1) is 11.3 Å². The number of benzene rings is 1. The van der Waals surface area contributed by atoms with E-state index in [1.165, 1.54) is 0 Å². The van der Waals surface area contributed by atoms with Crippen LogP contribution in [0.2, 0.25) is 0 Å². The van der Waals surface area contributed by atoms with E-state index in [9.17, 15) is 19.2 Å². The molecule has 5 rings (SSSR count). The molecule has 2 aromatic rings. The molecule has 3 aliphatic rings. The van der Waals surface area contributed by atoms with Crippen molar-refractivity contribution in [1.29, 1.82) is 0 Å². The van der Waals surface area contributed by atoms with Gasteiger partial charge in [0.1, 0.15) is 11.0 Å². The SMILES string of the molecule is O=C1CCC(N2C(=O)c3ccc(CNC4(c5nccs5)CNC4)cc3C2=O)C(=O)N1. The monoisotopic (exact) mass is 425 g/mol. The zero-order valence-corrected chi connectivity index (χ0v) is 16.8. The summed E-state index contributed by atoms with van der Waals surface area (Å²) in [5.74, 6) is -1.98. The van der Waals surface area contributed by atoms with Crippen molar-refractivity contribution in [3.05, 3.63) is 51.5 Å². The first-order chi connectivity index (χ1) is 14.5. The van der Waals surface area contributed by atoms with Crippen molar-refractivity contribution in [2.75, 3.05) is 13.1 Å². The standard InChI is InChI=1S/C20H19N5O4S/c26-15-4-3-14(16(27)24-15)25-17(28)12-2-1-11(7-13(12)18(25)29)8-23-20(9-21-10-20)19-22-5-6-30-19/h1-2,5-7,14,21,23H,3-4,8-10H2,(H,24,26,27). The molecule has 4 heterocycles. The third-order valence-corrected chi connectivity index (χ3v) is 6.81. The summed E-state index contributed by atoms with van der Waals surface area (Å²) in [5, 5.41) is 12.0. The molecule has 2 saturated heterocycles. The summed E-state index contributed by atoms with van der Waals surface area (Å²) >= 11 is 1.60. The number of nitrogens with one attached hydrogen (secondary N) is 3. The minimum absolute atomic E-state index is 0.103. The van der Waals surface area contributed by atoms with Crippen LogP contribution in [0, 0.1) is 0 Å². The Kier molecular flexibility index (Phi) is 4.49. The number of thiazole rings is 1. The number of hydrogen-bond acceptors (Lipinski definition) is 8. The third kappa shape index (κ3) is 2.95. The summed E-state index contributed by atoms with van der Waals surface area (Å²) in [7, 11) is 0. The van der Waals surface area contributed by atoms with Crippen molar-refractivity contribution in [3.8, 4) is 0 Å². The molecule has 2 fully saturated rings. The molecule has 0 radical (unpaired) electrons. The van der Waals surface area contributed by atoms with Crippen LogP contribution >= 0.6 is 11.3 Å². The van der Waals surface area contributed by atoms with Crippen LogP contribution in [0.4, 0.5) is 0 Å². The predicted molar refractivity (Wildman–Crippen MR) is 107 cm³/mol. The maximum atomic E-state index is 12.9. The highest BCUT2D eigenvalue weighted by atomic mass is 32.1. The molecule has 3 aliphatic heterocycles. The second-order valence-electron chi connectivity index (χ2n) is 7.70. The minimum Gasteiger partial charge on any atom is -0.312 e. The number of piperidine rings is 1. The Hall–Kier alpha value is -2.95. The van der Waals surface area contributed by atoms with Gasteiger partial charge >= 0.3 is 0 Å². The van der Waals surface area contributed by atoms with E-state index in [1.54, 1.807) is 29.7 Å². The number of rotatable bonds is 5. The quantitative estimate of drug-likeness (QED) is 0.583. The second kappa shape index (κ2) is 7.08. The summed E-state index contributed by atoms with van der Waals surface area (Å²) in [6.07, 6.45) is 2.03. The minimum atomic E-state index is -0.953. The zero-order valence-electron chi connectivity index (χ0n) is 15.9. The zero-order chi connectivity index (χ0) is 20.9. The number of imide groups is 2. The van der Waals surface area contributed by atoms with E-state index in [-0.39, 0.29) is 29.9 Å². The number of hydrogen-bond donors (Lipinski definition) is 3. The Balaban J connectivity index is 1.35. The molecule has 1 aromatic carbocycles. The van der Waals surface area contributed by atoms with Crippen LogP contribution in [0.1, 0.15) is 44.1 Å². The Morgan fingerprint density at radius 1 is 1.17 bits per heavy atom. The average molecular weight is 425 g/mol. The van der Waals surface area contributed by atoms with Gasteiger partial charge in [0.05, 0.1) is 16.7 Å². The van der Waals surface area contributed by atoms with Gasteiger partial charge in [0.15, 0.2) is 0 Å². The van der Waals surface area contributed by atoms with Crippen molar-refractivity contribution in [1.82, 2.24) is 25.8 Å². The molecule has 30 heavy (non-hydrogen) atoms. The molecule has 0 spiro atoms. The molecule has 10 heteroatoms. The molecule has 0 saturated carbocycles. The lowest BCUT2D eigenvalue weighted by atomic mass is 9.92. The molecule has 3 N–H and O–H groups in total. The average Bonchev–Trinajstić information content (AvgIpc) is 3.30. The largest absolute Gasteiger partial charge is 0.312 e. The number of nitrogens with zero attached hydrogens (tertiary/aromatic N) is 2. The lowest BCUT2D eigenvalue weighted by molar-refractivity contribution is -0.136. The first-order valence-electron chi connectivity index (χ1n) is 9.69. The van der Waals surface area contributed by atoms with Crippen LogP contribution in [0.25, 0.3) is 0 Å². The van der Waals surface area contributed by atoms with Gasteiger partial charge in [-0.1, -0.05) is 6.07 Å². The molecule has 9 nitrogen and oxygen atoms in total. The smallest absolute Gasteiger partial charge is 0.262 e. The summed E-state index contributed by atoms with van der Waals surface area (Å²) < 4.78 is 0. The van der Waals surface area contributed by atoms with Crippen LogP contribution in [0.5, 0.6) is 0 Å². The van der Waals surface area contributed by atoms with Gasteiger partial charge in [0.2, 0.25) is 11.8 Å². The summed E-state index contributed by atoms with van der Waals surface area (Å²) in [5.41, 5.74) is 1.21. The Bertz CT molecular complexity index is 1060. The lowest BCUT2D eigenvalue weighted by Gasteiger charge is -2.42. The summed E-state index contributed by atoms with van der Waals surface area (Å²) in [4.78, 5) is 54.7. The van der Waals surface area contributed by atoms with Gasteiger partial charge < -0.3 is 5.32 Å². The maximum Gasteiger partial charge on any atom is 0.262 e. The first-order valence-corrected chi connectivity index (χ1v) is 10.6. The fourth-order valence-electron chi connectivity index (χ4n) is 4.09. The highest BCUT2D eigenvalue weighted by Crippen LogP contribution is 2.30. The number of carbonyl (C=O) groups is 4. The molecule has 4 amide bonds. The van der Waals surface area contributed by atoms with E-state index in [4.69, 9.17) is 0 Å². The molecule has 0 aliphatic carbocycles. The Morgan fingerprint density at radius 3 is 2.63 bits per heavy atom. The van der Waals surface area contributed by atoms with Crippen molar-refractivity contribution in [2.45, 2.75) is 31.0 Å². The van der Waals surface area contributed by atoms with Crippen LogP contribution < -0.4 is 16.0 Å². The highest BCUT2D eigenvalue weighted by molar-refractivity contribution is 7.09. The van der Waals surface area contributed by atoms with Gasteiger partial charge in [0, 0.05) is 37.6 Å². The first kappa shape index (κ1) is 19.0. The fourth-order valence-corrected chi connectivity index (χ4v) is 4.90. The van der Waals surface area contributed by atoms with E-state index < -0.39 is 23.8 Å². The predicted octanol–water partition coefficient (Wildman–Crippen LogP) is 0.133. The third-order valence-electron chi connectivity index (χ3n) is 5.83. The molecule has 154 valence electrons. The molecule has 1 unspecified atom stereocenters. The highest BCUT2D eigenvalue weighted by Gasteiger charge is 2.45. The van der Waals surface area contributed by atoms with Crippen LogP contribution in [-0.4, -0.2) is 52.6 Å². The molecule has 1 aromatic heterocycles. The van der Waals surface area contributed by atoms with Gasteiger partial charge in [-0.05, 0) is 24.1 Å². The fraction of sp³-hybridized carbons (Fsp3) is 0.350. The van der Waals surface area contributed by atoms with E-state index in [2.05, 4.69) is 20.9 Å². The van der Waals surface area contributed by atoms with Crippen LogP contribution in [0.3, 0.4) is 0 Å². The van der Waals surface area contributed by atoms with Crippen molar-refractivity contribution in [2.24, 2.45) is 0 Å². The van der Waals surface area contributed by atoms with Crippen molar-refractivity contribution < 1.29 is 19.2 Å². The molecular formula is C20H19N5O4S. The van der Waals surface area contributed by atoms with E-state index in [0.717, 1.165) is 28.6 Å². The maximum absolute atomic E-state index is 12.9. The molecule has 1 atom stereocenters. The topological polar surface area (TPSA) is 120 Å². The summed E-state index contributed by atoms with van der Waals surface area (Å²) in [6.45, 7) is 2.05. The van der Waals surface area contributed by atoms with Crippen molar-refractivity contribution in [3.63, 3.8) is 0 Å². The number of aromatic nitrogens is 1. The molecular weight excluding hydrogens is 406 g/mol. The normalized spacial score (nSPS) is 22.7. The van der Waals surface area contributed by atoms with Gasteiger partial charge in [-0.25, -0.2) is 4.98 Å². The van der Waals surface area contributed by atoms with Gasteiger partial charge in [-0.3, -0.25) is 34.7 Å². The number of fused-ring (bicyclic) bond motifs is 1. The second-order valence-corrected chi connectivity index (χ2v) is 8.60. The van der Waals surface area contributed by atoms with Gasteiger partial charge in [0.25, 0.3) is 11.8 Å². The van der Waals surface area contributed by atoms with E-state index in [0.29, 0.717) is 12.1 Å².